The zero-order valence-electron chi connectivity index (χ0n) is 14.6. The summed E-state index contributed by atoms with van der Waals surface area (Å²) in [5.41, 5.74) is 0.491. The monoisotopic (exact) mass is 446 g/mol. The molecule has 0 atom stereocenters. The molecule has 29 heavy (non-hydrogen) atoms. The van der Waals surface area contributed by atoms with Crippen molar-refractivity contribution in [1.82, 2.24) is 5.32 Å². The summed E-state index contributed by atoms with van der Waals surface area (Å²) in [6.07, 6.45) is 0. The Labute approximate surface area is 173 Å². The molecule has 0 fully saturated rings. The van der Waals surface area contributed by atoms with Crippen LogP contribution in [0.15, 0.2) is 42.5 Å². The molecule has 7 nitrogen and oxygen atoms in total. The van der Waals surface area contributed by atoms with Crippen LogP contribution in [-0.4, -0.2) is 37.5 Å². The maximum atomic E-state index is 12.2. The second-order valence-electron chi connectivity index (χ2n) is 5.42. The fourth-order valence-corrected chi connectivity index (χ4v) is 2.37. The van der Waals surface area contributed by atoms with E-state index in [9.17, 15) is 23.2 Å². The highest BCUT2D eigenvalue weighted by molar-refractivity contribution is 6.32. The lowest BCUT2D eigenvalue weighted by Gasteiger charge is -2.10. The zero-order valence-corrected chi connectivity index (χ0v) is 16.1. The number of esters is 1. The Bertz CT molecular complexity index is 894. The van der Waals surface area contributed by atoms with E-state index in [2.05, 4.69) is 15.4 Å². The topological polar surface area (TPSA) is 93.7 Å². The van der Waals surface area contributed by atoms with E-state index < -0.39 is 37.5 Å². The first kappa shape index (κ1) is 22.4. The van der Waals surface area contributed by atoms with E-state index in [0.29, 0.717) is 10.6 Å². The minimum atomic E-state index is -3.03. The molecule has 0 bridgehead atoms. The number of amides is 2. The second kappa shape index (κ2) is 10.6. The van der Waals surface area contributed by atoms with Crippen molar-refractivity contribution >= 4 is 46.7 Å². The summed E-state index contributed by atoms with van der Waals surface area (Å²) in [6.45, 7) is -4.10. The van der Waals surface area contributed by atoms with E-state index in [4.69, 9.17) is 27.9 Å². The van der Waals surface area contributed by atoms with Crippen LogP contribution in [0.25, 0.3) is 0 Å². The minimum Gasteiger partial charge on any atom is -0.454 e. The molecule has 0 aliphatic heterocycles. The van der Waals surface area contributed by atoms with Crippen LogP contribution < -0.4 is 15.4 Å². The van der Waals surface area contributed by atoms with Gasteiger partial charge < -0.3 is 20.1 Å². The third-order valence-corrected chi connectivity index (χ3v) is 3.84. The molecule has 2 aromatic rings. The number of carbonyl (C=O) groups excluding carboxylic acids is 3. The Morgan fingerprint density at radius 2 is 1.72 bits per heavy atom. The number of nitrogens with one attached hydrogen (secondary N) is 2. The van der Waals surface area contributed by atoms with Crippen LogP contribution >= 0.6 is 23.2 Å². The zero-order chi connectivity index (χ0) is 21.4. The average Bonchev–Trinajstić information content (AvgIpc) is 2.67. The highest BCUT2D eigenvalue weighted by Gasteiger charge is 2.13. The Morgan fingerprint density at radius 3 is 2.34 bits per heavy atom. The predicted octanol–water partition coefficient (Wildman–Crippen LogP) is 3.51. The summed E-state index contributed by atoms with van der Waals surface area (Å²) in [7, 11) is 0. The smallest absolute Gasteiger partial charge is 0.387 e. The van der Waals surface area contributed by atoms with E-state index in [1.54, 1.807) is 0 Å². The largest absolute Gasteiger partial charge is 0.454 e. The molecule has 0 aliphatic carbocycles. The molecule has 0 unspecified atom stereocenters. The summed E-state index contributed by atoms with van der Waals surface area (Å²) < 4.78 is 33.3. The van der Waals surface area contributed by atoms with Crippen molar-refractivity contribution in [3.63, 3.8) is 0 Å². The molecule has 0 aromatic heterocycles. The summed E-state index contributed by atoms with van der Waals surface area (Å²) >= 11 is 11.5. The Balaban J connectivity index is 1.75. The Hall–Kier alpha value is -2.91. The maximum absolute atomic E-state index is 12.2. The van der Waals surface area contributed by atoms with Crippen molar-refractivity contribution in [2.75, 3.05) is 18.5 Å². The van der Waals surface area contributed by atoms with Gasteiger partial charge in [-0.05, 0) is 42.5 Å². The molecule has 0 aliphatic rings. The molecule has 2 amide bonds. The van der Waals surface area contributed by atoms with E-state index >= 15 is 0 Å². The first-order valence-corrected chi connectivity index (χ1v) is 8.74. The number of alkyl halides is 2. The first-order chi connectivity index (χ1) is 13.7. The molecule has 2 aromatic carbocycles. The van der Waals surface area contributed by atoms with Gasteiger partial charge in [-0.15, -0.1) is 0 Å². The van der Waals surface area contributed by atoms with Gasteiger partial charge in [-0.25, -0.2) is 0 Å². The standard InChI is InChI=1S/C18H14Cl2F2N2O5/c19-11-3-1-10(2-4-11)17(27)23-8-16(26)28-9-15(25)24-12-5-6-14(13(20)7-12)29-18(21)22/h1-7,18H,8-9H2,(H,23,27)(H,24,25). The molecule has 2 N–H and O–H groups in total. The van der Waals surface area contributed by atoms with Crippen LogP contribution in [0.4, 0.5) is 14.5 Å². The van der Waals surface area contributed by atoms with Gasteiger partial charge in [0, 0.05) is 16.3 Å². The maximum Gasteiger partial charge on any atom is 0.387 e. The van der Waals surface area contributed by atoms with E-state index in [1.165, 1.54) is 36.4 Å². The molecule has 0 radical (unpaired) electrons. The first-order valence-electron chi connectivity index (χ1n) is 7.98. The predicted molar refractivity (Wildman–Crippen MR) is 101 cm³/mol. The highest BCUT2D eigenvalue weighted by atomic mass is 35.5. The van der Waals surface area contributed by atoms with Gasteiger partial charge in [-0.3, -0.25) is 14.4 Å². The van der Waals surface area contributed by atoms with Gasteiger partial charge >= 0.3 is 12.6 Å². The lowest BCUT2D eigenvalue weighted by Crippen LogP contribution is -2.32. The molecule has 2 rings (SSSR count). The van der Waals surface area contributed by atoms with E-state index in [0.717, 1.165) is 6.07 Å². The van der Waals surface area contributed by atoms with Crippen LogP contribution in [0, 0.1) is 0 Å². The third-order valence-electron chi connectivity index (χ3n) is 3.30. The molecule has 0 spiro atoms. The normalized spacial score (nSPS) is 10.4. The molecule has 0 saturated heterocycles. The van der Waals surface area contributed by atoms with Gasteiger partial charge in [0.1, 0.15) is 12.3 Å². The number of benzene rings is 2. The minimum absolute atomic E-state index is 0.134. The third kappa shape index (κ3) is 7.55. The SMILES string of the molecule is O=C(COC(=O)CNC(=O)c1ccc(Cl)cc1)Nc1ccc(OC(F)F)c(Cl)c1. The summed E-state index contributed by atoms with van der Waals surface area (Å²) in [6, 6.07) is 9.66. The summed E-state index contributed by atoms with van der Waals surface area (Å²) in [5.74, 6) is -2.28. The molecular weight excluding hydrogens is 433 g/mol. The fraction of sp³-hybridized carbons (Fsp3) is 0.167. The van der Waals surface area contributed by atoms with Gasteiger partial charge in [-0.1, -0.05) is 23.2 Å². The van der Waals surface area contributed by atoms with Crippen LogP contribution in [0.5, 0.6) is 5.75 Å². The molecule has 0 saturated carbocycles. The van der Waals surface area contributed by atoms with Crippen molar-refractivity contribution in [3.8, 4) is 5.75 Å². The summed E-state index contributed by atoms with van der Waals surface area (Å²) in [5, 5.41) is 5.04. The van der Waals surface area contributed by atoms with Crippen molar-refractivity contribution < 1.29 is 32.6 Å². The number of ether oxygens (including phenoxy) is 2. The number of anilines is 1. The van der Waals surface area contributed by atoms with Gasteiger partial charge in [0.05, 0.1) is 5.02 Å². The number of carbonyl (C=O) groups is 3. The van der Waals surface area contributed by atoms with Crippen LogP contribution in [0.3, 0.4) is 0 Å². The number of hydrogen-bond acceptors (Lipinski definition) is 5. The lowest BCUT2D eigenvalue weighted by atomic mass is 10.2. The average molecular weight is 447 g/mol. The quantitative estimate of drug-likeness (QED) is 0.605. The molecule has 11 heteroatoms. The molecule has 154 valence electrons. The Morgan fingerprint density at radius 1 is 1.03 bits per heavy atom. The Kier molecular flexibility index (Phi) is 8.17. The second-order valence-corrected chi connectivity index (χ2v) is 6.27. The van der Waals surface area contributed by atoms with Crippen LogP contribution in [0.1, 0.15) is 10.4 Å². The number of rotatable bonds is 8. The van der Waals surface area contributed by atoms with Gasteiger partial charge in [0.15, 0.2) is 6.61 Å². The van der Waals surface area contributed by atoms with E-state index in [-0.39, 0.29) is 16.5 Å². The van der Waals surface area contributed by atoms with Gasteiger partial charge in [0.25, 0.3) is 11.8 Å². The van der Waals surface area contributed by atoms with Crippen molar-refractivity contribution in [3.05, 3.63) is 58.1 Å². The van der Waals surface area contributed by atoms with Crippen LogP contribution in [-0.2, 0) is 14.3 Å². The number of halogens is 4. The van der Waals surface area contributed by atoms with Gasteiger partial charge in [-0.2, -0.15) is 8.78 Å². The number of hydrogen-bond donors (Lipinski definition) is 2. The summed E-state index contributed by atoms with van der Waals surface area (Å²) in [4.78, 5) is 35.3. The lowest BCUT2D eigenvalue weighted by molar-refractivity contribution is -0.146. The molecule has 0 heterocycles. The van der Waals surface area contributed by atoms with Gasteiger partial charge in [0.2, 0.25) is 0 Å². The van der Waals surface area contributed by atoms with Crippen molar-refractivity contribution in [2.45, 2.75) is 6.61 Å². The van der Waals surface area contributed by atoms with Crippen molar-refractivity contribution in [2.24, 2.45) is 0 Å². The van der Waals surface area contributed by atoms with Crippen LogP contribution in [0.2, 0.25) is 10.0 Å². The van der Waals surface area contributed by atoms with E-state index in [1.807, 2.05) is 0 Å². The highest BCUT2D eigenvalue weighted by Crippen LogP contribution is 2.28. The van der Waals surface area contributed by atoms with Crippen molar-refractivity contribution in [1.29, 1.82) is 0 Å². The fourth-order valence-electron chi connectivity index (χ4n) is 2.02. The molecular formula is C18H14Cl2F2N2O5.